The zero-order chi connectivity index (χ0) is 23.6. The molecule has 0 N–H and O–H groups in total. The minimum atomic E-state index is -1.07. The van der Waals surface area contributed by atoms with E-state index in [0.717, 1.165) is 15.6 Å². The summed E-state index contributed by atoms with van der Waals surface area (Å²) in [5, 5.41) is 0. The number of nitrogens with zero attached hydrogens (tertiary/aromatic N) is 2. The molecule has 34 heavy (non-hydrogen) atoms. The van der Waals surface area contributed by atoms with Gasteiger partial charge in [-0.25, -0.2) is 4.99 Å². The molecule has 0 saturated heterocycles. The highest BCUT2D eigenvalue weighted by Crippen LogP contribution is 2.47. The second-order valence-corrected chi connectivity index (χ2v) is 10.5. The van der Waals surface area contributed by atoms with Gasteiger partial charge >= 0.3 is 0 Å². The van der Waals surface area contributed by atoms with E-state index in [1.807, 2.05) is 67.6 Å². The summed E-state index contributed by atoms with van der Waals surface area (Å²) in [5.41, 5.74) is 0.497. The maximum Gasteiger partial charge on any atom is 0.271 e. The molecule has 0 unspecified atom stereocenters. The number of ketones is 1. The van der Waals surface area contributed by atoms with Crippen LogP contribution in [-0.4, -0.2) is 16.1 Å². The molecule has 0 fully saturated rings. The summed E-state index contributed by atoms with van der Waals surface area (Å²) in [6.07, 6.45) is 1.73. The quantitative estimate of drug-likeness (QED) is 0.392. The Labute approximate surface area is 207 Å². The van der Waals surface area contributed by atoms with Crippen molar-refractivity contribution in [1.82, 2.24) is 4.57 Å². The van der Waals surface area contributed by atoms with Crippen molar-refractivity contribution < 1.29 is 13.9 Å². The number of benzene rings is 2. The zero-order valence-corrected chi connectivity index (χ0v) is 20.7. The number of para-hydroxylation sites is 1. The molecule has 0 saturated carbocycles. The van der Waals surface area contributed by atoms with Crippen LogP contribution in [0.25, 0.3) is 17.4 Å². The summed E-state index contributed by atoms with van der Waals surface area (Å²) in [6, 6.07) is 18.6. The van der Waals surface area contributed by atoms with Crippen molar-refractivity contribution in [2.45, 2.75) is 25.6 Å². The van der Waals surface area contributed by atoms with Crippen molar-refractivity contribution in [3.63, 3.8) is 0 Å². The van der Waals surface area contributed by atoms with Gasteiger partial charge in [0.2, 0.25) is 5.72 Å². The third-order valence-corrected chi connectivity index (χ3v) is 7.86. The highest BCUT2D eigenvalue weighted by atomic mass is 79.9. The number of aromatic nitrogens is 1. The maximum absolute atomic E-state index is 13.6. The first kappa shape index (κ1) is 21.3. The average Bonchev–Trinajstić information content (AvgIpc) is 3.37. The van der Waals surface area contributed by atoms with Gasteiger partial charge in [0.25, 0.3) is 5.56 Å². The van der Waals surface area contributed by atoms with Gasteiger partial charge in [-0.3, -0.25) is 14.2 Å². The molecule has 2 aliphatic heterocycles. The van der Waals surface area contributed by atoms with Crippen LogP contribution >= 0.6 is 27.3 Å². The van der Waals surface area contributed by atoms with Crippen molar-refractivity contribution >= 4 is 39.1 Å². The minimum Gasteiger partial charge on any atom is -0.465 e. The molecule has 2 aromatic heterocycles. The number of thiazole rings is 1. The van der Waals surface area contributed by atoms with E-state index in [1.54, 1.807) is 10.6 Å². The fourth-order valence-electron chi connectivity index (χ4n) is 4.89. The first-order valence-electron chi connectivity index (χ1n) is 10.8. The third-order valence-electron chi connectivity index (χ3n) is 6.35. The lowest BCUT2D eigenvalue weighted by atomic mass is 9.79. The van der Waals surface area contributed by atoms with Gasteiger partial charge in [0.15, 0.2) is 4.80 Å². The van der Waals surface area contributed by atoms with Gasteiger partial charge in [-0.05, 0) is 44.2 Å². The number of hydrogen-bond acceptors (Lipinski definition) is 6. The lowest BCUT2D eigenvalue weighted by Crippen LogP contribution is -2.58. The number of hydrogen-bond donors (Lipinski definition) is 0. The molecule has 6 rings (SSSR count). The Bertz CT molecular complexity index is 1630. The fraction of sp³-hybridized carbons (Fsp3) is 0.192. The molecule has 2 bridgehead atoms. The van der Waals surface area contributed by atoms with Gasteiger partial charge in [0.1, 0.15) is 29.0 Å². The maximum atomic E-state index is 13.6. The van der Waals surface area contributed by atoms with Crippen LogP contribution in [0.3, 0.4) is 0 Å². The van der Waals surface area contributed by atoms with Crippen LogP contribution < -0.4 is 19.6 Å². The van der Waals surface area contributed by atoms with Crippen molar-refractivity contribution in [2.75, 3.05) is 0 Å². The molecular weight excluding hydrogens is 516 g/mol. The van der Waals surface area contributed by atoms with Crippen LogP contribution in [-0.2, 0) is 4.79 Å². The number of Topliss-reactive ketones (excluding diaryl/α,β-unsaturated/α-hetero) is 1. The summed E-state index contributed by atoms with van der Waals surface area (Å²) in [5.74, 6) is 1.28. The second-order valence-electron chi connectivity index (χ2n) is 8.62. The normalized spacial score (nSPS) is 23.0. The third kappa shape index (κ3) is 3.24. The first-order chi connectivity index (χ1) is 16.3. The van der Waals surface area contributed by atoms with E-state index in [4.69, 9.17) is 14.1 Å². The highest BCUT2D eigenvalue weighted by molar-refractivity contribution is 9.10. The van der Waals surface area contributed by atoms with Crippen LogP contribution in [0.2, 0.25) is 0 Å². The standard InChI is InChI=1S/C26H19BrN2O4S/c1-14(30)22-23-18-5-3-4-6-20(18)33-26(22,2)28-25-29(23)24(31)21(34-25)13-17-11-12-19(32-17)15-7-9-16(27)10-8-15/h3-13,22-23H,1-2H3/t22-,23+,26+/m0/s1. The zero-order valence-electron chi connectivity index (χ0n) is 18.3. The van der Waals surface area contributed by atoms with Crippen LogP contribution in [0.4, 0.5) is 0 Å². The Morgan fingerprint density at radius 1 is 1.15 bits per heavy atom. The van der Waals surface area contributed by atoms with Crippen molar-refractivity contribution in [3.05, 3.63) is 96.1 Å². The second kappa shape index (κ2) is 7.65. The lowest BCUT2D eigenvalue weighted by molar-refractivity contribution is -0.132. The van der Waals surface area contributed by atoms with E-state index in [-0.39, 0.29) is 11.3 Å². The van der Waals surface area contributed by atoms with E-state index in [1.165, 1.54) is 18.3 Å². The minimum absolute atomic E-state index is 0.0646. The average molecular weight is 535 g/mol. The number of rotatable bonds is 3. The number of carbonyl (C=O) groups is 1. The molecule has 4 heterocycles. The number of ether oxygens (including phenoxy) is 1. The topological polar surface area (TPSA) is 73.8 Å². The molecule has 8 heteroatoms. The van der Waals surface area contributed by atoms with Crippen molar-refractivity contribution in [2.24, 2.45) is 10.9 Å². The number of furan rings is 1. The van der Waals surface area contributed by atoms with Crippen LogP contribution in [0.1, 0.15) is 31.2 Å². The van der Waals surface area contributed by atoms with Crippen LogP contribution in [0, 0.1) is 5.92 Å². The van der Waals surface area contributed by atoms with Crippen molar-refractivity contribution in [3.8, 4) is 17.1 Å². The SMILES string of the molecule is CC(=O)[C@H]1[C@H]2c3ccccc3O[C@@]1(C)N=c1sc(=Cc3ccc(-c4ccc(Br)cc4)o3)c(=O)n12. The largest absolute Gasteiger partial charge is 0.465 e. The summed E-state index contributed by atoms with van der Waals surface area (Å²) in [7, 11) is 0. The lowest BCUT2D eigenvalue weighted by Gasteiger charge is -2.45. The van der Waals surface area contributed by atoms with Gasteiger partial charge in [-0.1, -0.05) is 57.6 Å². The Kier molecular flexibility index (Phi) is 4.79. The molecule has 2 aliphatic rings. The van der Waals surface area contributed by atoms with Gasteiger partial charge in [-0.2, -0.15) is 0 Å². The van der Waals surface area contributed by atoms with E-state index < -0.39 is 17.7 Å². The smallest absolute Gasteiger partial charge is 0.271 e. The van der Waals surface area contributed by atoms with Gasteiger partial charge in [0.05, 0.1) is 10.6 Å². The van der Waals surface area contributed by atoms with E-state index in [9.17, 15) is 9.59 Å². The molecule has 3 atom stereocenters. The molecule has 170 valence electrons. The van der Waals surface area contributed by atoms with E-state index in [0.29, 0.717) is 26.6 Å². The summed E-state index contributed by atoms with van der Waals surface area (Å²) >= 11 is 4.72. The summed E-state index contributed by atoms with van der Waals surface area (Å²) in [4.78, 5) is 31.6. The van der Waals surface area contributed by atoms with Gasteiger partial charge in [0, 0.05) is 21.7 Å². The predicted molar refractivity (Wildman–Crippen MR) is 133 cm³/mol. The first-order valence-corrected chi connectivity index (χ1v) is 12.4. The summed E-state index contributed by atoms with van der Waals surface area (Å²) < 4.78 is 15.3. The number of carbonyl (C=O) groups excluding carboxylic acids is 1. The Hall–Kier alpha value is -3.23. The van der Waals surface area contributed by atoms with E-state index >= 15 is 0 Å². The molecule has 0 spiro atoms. The Morgan fingerprint density at radius 2 is 1.91 bits per heavy atom. The molecule has 0 radical (unpaired) electrons. The van der Waals surface area contributed by atoms with Gasteiger partial charge < -0.3 is 9.15 Å². The van der Waals surface area contributed by atoms with Crippen molar-refractivity contribution in [1.29, 1.82) is 0 Å². The molecule has 2 aromatic carbocycles. The van der Waals surface area contributed by atoms with Crippen LogP contribution in [0.15, 0.2) is 79.3 Å². The van der Waals surface area contributed by atoms with E-state index in [2.05, 4.69) is 15.9 Å². The monoisotopic (exact) mass is 534 g/mol. The molecular formula is C26H19BrN2O4S. The van der Waals surface area contributed by atoms with Crippen LogP contribution in [0.5, 0.6) is 5.75 Å². The van der Waals surface area contributed by atoms with Gasteiger partial charge in [-0.15, -0.1) is 0 Å². The number of halogens is 1. The fourth-order valence-corrected chi connectivity index (χ4v) is 6.23. The predicted octanol–water partition coefficient (Wildman–Crippen LogP) is 4.30. The molecule has 0 aliphatic carbocycles. The Balaban J connectivity index is 1.51. The molecule has 0 amide bonds. The highest BCUT2D eigenvalue weighted by Gasteiger charge is 2.53. The molecule has 6 nitrogen and oxygen atoms in total. The summed E-state index contributed by atoms with van der Waals surface area (Å²) in [6.45, 7) is 3.35. The number of fused-ring (bicyclic) bond motifs is 6. The Morgan fingerprint density at radius 3 is 2.68 bits per heavy atom. The molecule has 4 aromatic rings.